The molecule has 0 saturated heterocycles. The molecule has 2 heterocycles. The van der Waals surface area contributed by atoms with Crippen molar-refractivity contribution in [2.75, 3.05) is 39.3 Å². The van der Waals surface area contributed by atoms with Gasteiger partial charge in [-0.05, 0) is 74.8 Å². The highest BCUT2D eigenvalue weighted by atomic mass is 16.2. The van der Waals surface area contributed by atoms with E-state index in [0.29, 0.717) is 48.4 Å². The number of carbonyl (C=O) groups is 4. The van der Waals surface area contributed by atoms with Crippen LogP contribution in [0.3, 0.4) is 0 Å². The summed E-state index contributed by atoms with van der Waals surface area (Å²) >= 11 is 0. The third-order valence-corrected chi connectivity index (χ3v) is 8.86. The first-order valence-corrected chi connectivity index (χ1v) is 15.6. The van der Waals surface area contributed by atoms with Gasteiger partial charge in [-0.3, -0.25) is 33.9 Å². The van der Waals surface area contributed by atoms with Gasteiger partial charge in [0.25, 0.3) is 23.6 Å². The maximum absolute atomic E-state index is 13.3. The second-order valence-electron chi connectivity index (χ2n) is 11.9. The number of hydrogen-bond acceptors (Lipinski definition) is 6. The maximum Gasteiger partial charge on any atom is 0.261 e. The molecule has 44 heavy (non-hydrogen) atoms. The molecule has 0 atom stereocenters. The van der Waals surface area contributed by atoms with Gasteiger partial charge >= 0.3 is 0 Å². The van der Waals surface area contributed by atoms with Gasteiger partial charge in [0.15, 0.2) is 0 Å². The van der Waals surface area contributed by atoms with Gasteiger partial charge < -0.3 is 5.32 Å². The third kappa shape index (κ3) is 5.51. The Hall–Kier alpha value is -4.40. The van der Waals surface area contributed by atoms with Crippen molar-refractivity contribution in [1.82, 2.24) is 20.0 Å². The fraction of sp³-hybridized carbons (Fsp3) is 0.333. The van der Waals surface area contributed by atoms with Gasteiger partial charge in [0.1, 0.15) is 0 Å². The van der Waals surface area contributed by atoms with E-state index in [-0.39, 0.29) is 29.7 Å². The van der Waals surface area contributed by atoms with Crippen LogP contribution >= 0.6 is 0 Å². The van der Waals surface area contributed by atoms with Crippen molar-refractivity contribution in [3.05, 3.63) is 95.1 Å². The summed E-state index contributed by atoms with van der Waals surface area (Å²) in [4.78, 5) is 57.7. The van der Waals surface area contributed by atoms with Crippen molar-refractivity contribution in [1.29, 1.82) is 0 Å². The number of unbranched alkanes of at least 4 members (excludes halogenated alkanes) is 2. The number of nitrogens with zero attached hydrogens (tertiary/aromatic N) is 3. The number of imide groups is 2. The molecule has 0 aliphatic carbocycles. The Labute approximate surface area is 257 Å². The average molecular weight is 591 g/mol. The molecule has 0 aromatic heterocycles. The van der Waals surface area contributed by atoms with Gasteiger partial charge in [0.2, 0.25) is 0 Å². The summed E-state index contributed by atoms with van der Waals surface area (Å²) in [6, 6.07) is 22.7. The molecule has 4 aromatic carbocycles. The Morgan fingerprint density at radius 1 is 0.568 bits per heavy atom. The van der Waals surface area contributed by atoms with Crippen molar-refractivity contribution in [3.8, 4) is 0 Å². The maximum atomic E-state index is 13.3. The lowest BCUT2D eigenvalue weighted by Gasteiger charge is -2.31. The lowest BCUT2D eigenvalue weighted by atomic mass is 9.94. The standard InChI is InChI=1S/C36H38N4O4/c1-24(2)38(22-23-40-35(43)29-16-8-12-26-13-9-17-30(32(26)29)36(40)44)20-5-3-4-18-37-19-21-39-33(41)27-14-6-10-25-11-7-15-28(31(25)27)34(39)42/h6-17,24,37H,3-5,18-23H2,1-2H3. The summed E-state index contributed by atoms with van der Waals surface area (Å²) in [7, 11) is 0. The zero-order valence-electron chi connectivity index (χ0n) is 25.3. The van der Waals surface area contributed by atoms with Crippen molar-refractivity contribution in [3.63, 3.8) is 0 Å². The molecule has 4 aromatic rings. The van der Waals surface area contributed by atoms with E-state index in [1.165, 1.54) is 9.80 Å². The van der Waals surface area contributed by atoms with Gasteiger partial charge in [0, 0.05) is 65.2 Å². The Morgan fingerprint density at radius 3 is 1.48 bits per heavy atom. The molecule has 8 heteroatoms. The van der Waals surface area contributed by atoms with Gasteiger partial charge in [-0.2, -0.15) is 0 Å². The number of amides is 4. The molecule has 6 rings (SSSR count). The quantitative estimate of drug-likeness (QED) is 0.167. The van der Waals surface area contributed by atoms with E-state index in [1.807, 2.05) is 60.7 Å². The van der Waals surface area contributed by atoms with Gasteiger partial charge in [-0.1, -0.05) is 55.0 Å². The molecule has 0 bridgehead atoms. The SMILES string of the molecule is CC(C)N(CCCCCNCCN1C(=O)c2cccc3cccc(c23)C1=O)CCN1C(=O)c2cccc3cccc(c23)C1=O. The van der Waals surface area contributed by atoms with E-state index < -0.39 is 0 Å². The summed E-state index contributed by atoms with van der Waals surface area (Å²) in [6.45, 7) is 7.81. The second-order valence-corrected chi connectivity index (χ2v) is 11.9. The van der Waals surface area contributed by atoms with Crippen LogP contribution in [0.5, 0.6) is 0 Å². The molecule has 1 N–H and O–H groups in total. The highest BCUT2D eigenvalue weighted by Crippen LogP contribution is 2.31. The van der Waals surface area contributed by atoms with Crippen LogP contribution < -0.4 is 5.32 Å². The summed E-state index contributed by atoms with van der Waals surface area (Å²) < 4.78 is 0. The van der Waals surface area contributed by atoms with Crippen LogP contribution in [-0.2, 0) is 0 Å². The lowest BCUT2D eigenvalue weighted by molar-refractivity contribution is 0.0578. The van der Waals surface area contributed by atoms with Crippen LogP contribution in [-0.4, -0.2) is 83.6 Å². The number of nitrogens with one attached hydrogen (secondary N) is 1. The first kappa shape index (κ1) is 29.7. The molecule has 8 nitrogen and oxygen atoms in total. The van der Waals surface area contributed by atoms with Crippen LogP contribution in [0, 0.1) is 0 Å². The largest absolute Gasteiger partial charge is 0.315 e. The van der Waals surface area contributed by atoms with Crippen LogP contribution in [0.4, 0.5) is 0 Å². The molecule has 2 aliphatic heterocycles. The van der Waals surface area contributed by atoms with Crippen LogP contribution in [0.1, 0.15) is 74.5 Å². The lowest BCUT2D eigenvalue weighted by Crippen LogP contribution is -2.46. The molecule has 2 aliphatic rings. The van der Waals surface area contributed by atoms with Gasteiger partial charge in [-0.25, -0.2) is 0 Å². The minimum Gasteiger partial charge on any atom is -0.315 e. The predicted molar refractivity (Wildman–Crippen MR) is 172 cm³/mol. The highest BCUT2D eigenvalue weighted by molar-refractivity contribution is 6.26. The smallest absolute Gasteiger partial charge is 0.261 e. The summed E-state index contributed by atoms with van der Waals surface area (Å²) in [5, 5.41) is 6.72. The average Bonchev–Trinajstić information content (AvgIpc) is 3.03. The van der Waals surface area contributed by atoms with Gasteiger partial charge in [-0.15, -0.1) is 0 Å². The molecule has 0 fully saturated rings. The number of hydrogen-bond donors (Lipinski definition) is 1. The van der Waals surface area contributed by atoms with Crippen LogP contribution in [0.2, 0.25) is 0 Å². The van der Waals surface area contributed by atoms with Crippen molar-refractivity contribution >= 4 is 45.2 Å². The molecule has 0 radical (unpaired) electrons. The minimum absolute atomic E-state index is 0.219. The Bertz CT molecular complexity index is 1660. The molecule has 0 saturated carbocycles. The second kappa shape index (κ2) is 12.7. The Balaban J connectivity index is 0.934. The topological polar surface area (TPSA) is 90.0 Å². The molecule has 4 amide bonds. The van der Waals surface area contributed by atoms with E-state index in [1.54, 1.807) is 12.1 Å². The zero-order valence-corrected chi connectivity index (χ0v) is 25.3. The monoisotopic (exact) mass is 590 g/mol. The summed E-state index contributed by atoms with van der Waals surface area (Å²) in [5.74, 6) is -0.903. The van der Waals surface area contributed by atoms with Crippen molar-refractivity contribution in [2.45, 2.75) is 39.2 Å². The van der Waals surface area contributed by atoms with E-state index in [4.69, 9.17) is 0 Å². The Morgan fingerprint density at radius 2 is 1.02 bits per heavy atom. The normalized spacial score (nSPS) is 14.6. The highest BCUT2D eigenvalue weighted by Gasteiger charge is 2.33. The van der Waals surface area contributed by atoms with E-state index in [9.17, 15) is 19.2 Å². The molecule has 0 spiro atoms. The number of carbonyl (C=O) groups excluding carboxylic acids is 4. The summed E-state index contributed by atoms with van der Waals surface area (Å²) in [5.41, 5.74) is 2.36. The first-order valence-electron chi connectivity index (χ1n) is 15.6. The van der Waals surface area contributed by atoms with Crippen LogP contribution in [0.25, 0.3) is 21.5 Å². The molecule has 226 valence electrons. The molecule has 0 unspecified atom stereocenters. The molecular formula is C36H38N4O4. The van der Waals surface area contributed by atoms with Crippen LogP contribution in [0.15, 0.2) is 72.8 Å². The van der Waals surface area contributed by atoms with Crippen molar-refractivity contribution < 1.29 is 19.2 Å². The fourth-order valence-electron chi connectivity index (χ4n) is 6.48. The predicted octanol–water partition coefficient (Wildman–Crippen LogP) is 5.36. The zero-order chi connectivity index (χ0) is 30.8. The fourth-order valence-corrected chi connectivity index (χ4v) is 6.48. The Kier molecular flexibility index (Phi) is 8.55. The van der Waals surface area contributed by atoms with Gasteiger partial charge in [0.05, 0.1) is 0 Å². The number of benzene rings is 4. The molecular weight excluding hydrogens is 552 g/mol. The minimum atomic E-state index is -0.232. The first-order chi connectivity index (χ1) is 21.4. The van der Waals surface area contributed by atoms with E-state index in [2.05, 4.69) is 24.1 Å². The van der Waals surface area contributed by atoms with E-state index in [0.717, 1.165) is 53.9 Å². The number of rotatable bonds is 13. The third-order valence-electron chi connectivity index (χ3n) is 8.86. The summed E-state index contributed by atoms with van der Waals surface area (Å²) in [6.07, 6.45) is 2.98. The van der Waals surface area contributed by atoms with Crippen molar-refractivity contribution in [2.24, 2.45) is 0 Å². The van der Waals surface area contributed by atoms with E-state index >= 15 is 0 Å².